The van der Waals surface area contributed by atoms with Crippen molar-refractivity contribution in [3.8, 4) is 0 Å². The topological polar surface area (TPSA) is 81.7 Å². The molecule has 0 aliphatic rings. The van der Waals surface area contributed by atoms with Crippen LogP contribution in [0.1, 0.15) is 5.69 Å². The van der Waals surface area contributed by atoms with E-state index in [1.54, 1.807) is 16.9 Å². The number of aryl methyl sites for hydroxylation is 1. The van der Waals surface area contributed by atoms with Gasteiger partial charge in [-0.25, -0.2) is 4.98 Å². The number of hydrogen-bond acceptors (Lipinski definition) is 5. The van der Waals surface area contributed by atoms with Crippen molar-refractivity contribution in [1.29, 1.82) is 0 Å². The first-order valence-electron chi connectivity index (χ1n) is 5.05. The zero-order valence-electron chi connectivity index (χ0n) is 9.09. The van der Waals surface area contributed by atoms with Crippen molar-refractivity contribution in [2.45, 2.75) is 6.42 Å². The van der Waals surface area contributed by atoms with E-state index in [-0.39, 0.29) is 5.95 Å². The highest BCUT2D eigenvalue weighted by atomic mass is 15.2. The second kappa shape index (κ2) is 4.61. The minimum absolute atomic E-state index is 0.280. The summed E-state index contributed by atoms with van der Waals surface area (Å²) >= 11 is 0. The first-order chi connectivity index (χ1) is 7.74. The smallest absolute Gasteiger partial charge is 0.221 e. The minimum Gasteiger partial charge on any atom is -0.370 e. The SMILES string of the molecule is Cn1ccc(CCNc2ccnc(N)n2)n1. The average Bonchev–Trinajstić information content (AvgIpc) is 2.64. The van der Waals surface area contributed by atoms with E-state index in [2.05, 4.69) is 20.4 Å². The maximum Gasteiger partial charge on any atom is 0.221 e. The summed E-state index contributed by atoms with van der Waals surface area (Å²) in [4.78, 5) is 7.86. The predicted octanol–water partition coefficient (Wildman–Crippen LogP) is 0.447. The molecule has 0 aliphatic carbocycles. The molecule has 2 heterocycles. The number of nitrogens with zero attached hydrogens (tertiary/aromatic N) is 4. The maximum atomic E-state index is 5.47. The number of hydrogen-bond donors (Lipinski definition) is 2. The Bertz CT molecular complexity index is 464. The fourth-order valence-corrected chi connectivity index (χ4v) is 1.39. The average molecular weight is 218 g/mol. The van der Waals surface area contributed by atoms with Crippen LogP contribution in [-0.2, 0) is 13.5 Å². The Kier molecular flexibility index (Phi) is 3.00. The molecule has 0 bridgehead atoms. The van der Waals surface area contributed by atoms with Crippen LogP contribution in [0.3, 0.4) is 0 Å². The van der Waals surface area contributed by atoms with Crippen LogP contribution in [0.2, 0.25) is 0 Å². The summed E-state index contributed by atoms with van der Waals surface area (Å²) in [5.74, 6) is 1.02. The van der Waals surface area contributed by atoms with Crippen LogP contribution < -0.4 is 11.1 Å². The van der Waals surface area contributed by atoms with Gasteiger partial charge in [-0.15, -0.1) is 0 Å². The molecule has 6 nitrogen and oxygen atoms in total. The molecular weight excluding hydrogens is 204 g/mol. The Labute approximate surface area is 93.5 Å². The molecule has 16 heavy (non-hydrogen) atoms. The first-order valence-corrected chi connectivity index (χ1v) is 5.05. The second-order valence-electron chi connectivity index (χ2n) is 3.46. The number of nitrogen functional groups attached to an aromatic ring is 1. The normalized spacial score (nSPS) is 10.3. The van der Waals surface area contributed by atoms with Gasteiger partial charge in [0, 0.05) is 32.4 Å². The van der Waals surface area contributed by atoms with Crippen molar-refractivity contribution in [3.05, 3.63) is 30.2 Å². The van der Waals surface area contributed by atoms with Crippen molar-refractivity contribution in [3.63, 3.8) is 0 Å². The lowest BCUT2D eigenvalue weighted by Gasteiger charge is -2.03. The largest absolute Gasteiger partial charge is 0.370 e. The zero-order chi connectivity index (χ0) is 11.4. The van der Waals surface area contributed by atoms with Crippen LogP contribution in [0.25, 0.3) is 0 Å². The lowest BCUT2D eigenvalue weighted by Crippen LogP contribution is -2.08. The Morgan fingerprint density at radius 3 is 3.00 bits per heavy atom. The Balaban J connectivity index is 1.84. The molecule has 0 fully saturated rings. The van der Waals surface area contributed by atoms with Gasteiger partial charge in [0.2, 0.25) is 5.95 Å². The summed E-state index contributed by atoms with van der Waals surface area (Å²) in [5.41, 5.74) is 6.52. The second-order valence-corrected chi connectivity index (χ2v) is 3.46. The molecule has 6 heteroatoms. The number of nitrogens with one attached hydrogen (secondary N) is 1. The van der Waals surface area contributed by atoms with Gasteiger partial charge >= 0.3 is 0 Å². The molecule has 0 spiro atoms. The molecule has 84 valence electrons. The van der Waals surface area contributed by atoms with E-state index in [1.807, 2.05) is 19.3 Å². The van der Waals surface area contributed by atoms with E-state index in [9.17, 15) is 0 Å². The molecular formula is C10H14N6. The lowest BCUT2D eigenvalue weighted by molar-refractivity contribution is 0.742. The zero-order valence-corrected chi connectivity index (χ0v) is 9.09. The van der Waals surface area contributed by atoms with Crippen LogP contribution in [0, 0.1) is 0 Å². The molecule has 2 rings (SSSR count). The number of nitrogens with two attached hydrogens (primary N) is 1. The monoisotopic (exact) mass is 218 g/mol. The highest BCUT2D eigenvalue weighted by Gasteiger charge is 1.98. The van der Waals surface area contributed by atoms with Gasteiger partial charge in [-0.3, -0.25) is 4.68 Å². The third-order valence-corrected chi connectivity index (χ3v) is 2.13. The fourth-order valence-electron chi connectivity index (χ4n) is 1.39. The van der Waals surface area contributed by atoms with Crippen molar-refractivity contribution in [2.24, 2.45) is 7.05 Å². The molecule has 2 aromatic heterocycles. The van der Waals surface area contributed by atoms with Crippen molar-refractivity contribution >= 4 is 11.8 Å². The van der Waals surface area contributed by atoms with Gasteiger partial charge in [0.1, 0.15) is 5.82 Å². The quantitative estimate of drug-likeness (QED) is 0.778. The van der Waals surface area contributed by atoms with E-state index in [4.69, 9.17) is 5.73 Å². The molecule has 2 aromatic rings. The third-order valence-electron chi connectivity index (χ3n) is 2.13. The first kappa shape index (κ1) is 10.4. The number of aromatic nitrogens is 4. The van der Waals surface area contributed by atoms with Gasteiger partial charge in [0.05, 0.1) is 5.69 Å². The molecule has 0 amide bonds. The Morgan fingerprint density at radius 1 is 1.44 bits per heavy atom. The van der Waals surface area contributed by atoms with Crippen LogP contribution in [-0.4, -0.2) is 26.3 Å². The summed E-state index contributed by atoms with van der Waals surface area (Å²) in [6.07, 6.45) is 4.41. The Morgan fingerprint density at radius 2 is 2.31 bits per heavy atom. The fraction of sp³-hybridized carbons (Fsp3) is 0.300. The number of anilines is 2. The summed E-state index contributed by atoms with van der Waals surface area (Å²) in [6.45, 7) is 0.771. The van der Waals surface area contributed by atoms with E-state index in [1.165, 1.54) is 0 Å². The van der Waals surface area contributed by atoms with Gasteiger partial charge in [0.25, 0.3) is 0 Å². The van der Waals surface area contributed by atoms with Crippen molar-refractivity contribution in [1.82, 2.24) is 19.7 Å². The van der Waals surface area contributed by atoms with Crippen LogP contribution in [0.5, 0.6) is 0 Å². The third kappa shape index (κ3) is 2.69. The van der Waals surface area contributed by atoms with Crippen molar-refractivity contribution < 1.29 is 0 Å². The van der Waals surface area contributed by atoms with Gasteiger partial charge in [0.15, 0.2) is 0 Å². The molecule has 0 atom stereocenters. The van der Waals surface area contributed by atoms with E-state index in [0.29, 0.717) is 0 Å². The Hall–Kier alpha value is -2.11. The van der Waals surface area contributed by atoms with Gasteiger partial charge in [-0.2, -0.15) is 10.1 Å². The molecule has 3 N–H and O–H groups in total. The van der Waals surface area contributed by atoms with Crippen molar-refractivity contribution in [2.75, 3.05) is 17.6 Å². The summed E-state index contributed by atoms with van der Waals surface area (Å²) in [6, 6.07) is 3.78. The molecule has 0 aliphatic heterocycles. The van der Waals surface area contributed by atoms with E-state index >= 15 is 0 Å². The summed E-state index contributed by atoms with van der Waals surface area (Å²) in [7, 11) is 1.90. The highest BCUT2D eigenvalue weighted by molar-refractivity contribution is 5.37. The van der Waals surface area contributed by atoms with Gasteiger partial charge in [-0.05, 0) is 12.1 Å². The molecule has 0 unspecified atom stereocenters. The standard InChI is InChI=1S/C10H14N6/c1-16-7-4-8(15-16)2-5-12-9-3-6-13-10(11)14-9/h3-4,6-7H,2,5H2,1H3,(H3,11,12,13,14). The van der Waals surface area contributed by atoms with Crippen LogP contribution >= 0.6 is 0 Å². The van der Waals surface area contributed by atoms with E-state index < -0.39 is 0 Å². The highest BCUT2D eigenvalue weighted by Crippen LogP contribution is 2.03. The summed E-state index contributed by atoms with van der Waals surface area (Å²) < 4.78 is 1.79. The van der Waals surface area contributed by atoms with Crippen LogP contribution in [0.15, 0.2) is 24.5 Å². The molecule has 0 saturated carbocycles. The van der Waals surface area contributed by atoms with Crippen LogP contribution in [0.4, 0.5) is 11.8 Å². The predicted molar refractivity (Wildman–Crippen MR) is 61.8 cm³/mol. The van der Waals surface area contributed by atoms with E-state index in [0.717, 1.165) is 24.5 Å². The molecule has 0 saturated heterocycles. The summed E-state index contributed by atoms with van der Waals surface area (Å²) in [5, 5.41) is 7.44. The molecule has 0 aromatic carbocycles. The minimum atomic E-state index is 0.280. The lowest BCUT2D eigenvalue weighted by atomic mass is 10.3. The van der Waals surface area contributed by atoms with Gasteiger partial charge < -0.3 is 11.1 Å². The maximum absolute atomic E-state index is 5.47. The molecule has 0 radical (unpaired) electrons. The van der Waals surface area contributed by atoms with Gasteiger partial charge in [-0.1, -0.05) is 0 Å². The number of rotatable bonds is 4.